The zero-order chi connectivity index (χ0) is 12.3. The molecule has 0 aromatic heterocycles. The Hall–Kier alpha value is -1.71. The van der Waals surface area contributed by atoms with Crippen LogP contribution in [0.25, 0.3) is 0 Å². The van der Waals surface area contributed by atoms with Crippen LogP contribution in [0, 0.1) is 0 Å². The minimum atomic E-state index is -0.803. The molecule has 2 rings (SSSR count). The lowest BCUT2D eigenvalue weighted by Crippen LogP contribution is -2.18. The van der Waals surface area contributed by atoms with Gasteiger partial charge in [0.05, 0.1) is 19.2 Å². The molecule has 1 N–H and O–H groups in total. The molecule has 1 aliphatic heterocycles. The summed E-state index contributed by atoms with van der Waals surface area (Å²) in [7, 11) is 1.64. The second-order valence-electron chi connectivity index (χ2n) is 4.27. The van der Waals surface area contributed by atoms with E-state index in [0.29, 0.717) is 0 Å². The highest BCUT2D eigenvalue weighted by molar-refractivity contribution is 5.72. The normalized spacial score (nSPS) is 15.0. The van der Waals surface area contributed by atoms with Crippen LogP contribution in [0.5, 0.6) is 5.75 Å². The molecule has 0 saturated carbocycles. The van der Waals surface area contributed by atoms with Crippen LogP contribution in [0.4, 0.5) is 5.69 Å². The van der Waals surface area contributed by atoms with Crippen LogP contribution in [0.1, 0.15) is 18.4 Å². The number of hydrogen-bond donors (Lipinski definition) is 1. The van der Waals surface area contributed by atoms with Crippen molar-refractivity contribution in [3.63, 3.8) is 0 Å². The second kappa shape index (κ2) is 5.08. The van der Waals surface area contributed by atoms with Gasteiger partial charge in [0.25, 0.3) is 0 Å². The Labute approximate surface area is 101 Å². The number of anilines is 1. The van der Waals surface area contributed by atoms with Gasteiger partial charge in [-0.3, -0.25) is 4.79 Å². The summed E-state index contributed by atoms with van der Waals surface area (Å²) in [6.07, 6.45) is 2.43. The van der Waals surface area contributed by atoms with E-state index in [9.17, 15) is 4.79 Å². The van der Waals surface area contributed by atoms with Gasteiger partial charge in [0, 0.05) is 13.1 Å². The van der Waals surface area contributed by atoms with E-state index in [0.717, 1.165) is 30.1 Å². The zero-order valence-corrected chi connectivity index (χ0v) is 9.98. The third-order valence-corrected chi connectivity index (χ3v) is 3.05. The molecule has 0 unspecified atom stereocenters. The summed E-state index contributed by atoms with van der Waals surface area (Å²) >= 11 is 0. The number of hydrogen-bond acceptors (Lipinski definition) is 3. The fourth-order valence-electron chi connectivity index (χ4n) is 2.23. The molecule has 4 nitrogen and oxygen atoms in total. The van der Waals surface area contributed by atoms with Crippen LogP contribution in [0.2, 0.25) is 0 Å². The van der Waals surface area contributed by atoms with E-state index >= 15 is 0 Å². The van der Waals surface area contributed by atoms with Crippen molar-refractivity contribution in [1.82, 2.24) is 0 Å². The standard InChI is InChI=1S/C13H17NO3/c1-17-12-5-4-10(9-13(15)16)8-11(12)14-6-2-3-7-14/h4-5,8H,2-3,6-7,9H2,1H3,(H,15,16). The molecule has 1 aliphatic rings. The van der Waals surface area contributed by atoms with Crippen molar-refractivity contribution in [3.8, 4) is 5.75 Å². The smallest absolute Gasteiger partial charge is 0.307 e. The molecule has 0 bridgehead atoms. The fourth-order valence-corrected chi connectivity index (χ4v) is 2.23. The van der Waals surface area contributed by atoms with Gasteiger partial charge in [-0.15, -0.1) is 0 Å². The van der Waals surface area contributed by atoms with E-state index in [1.807, 2.05) is 18.2 Å². The van der Waals surface area contributed by atoms with E-state index in [-0.39, 0.29) is 6.42 Å². The van der Waals surface area contributed by atoms with Gasteiger partial charge in [-0.25, -0.2) is 0 Å². The van der Waals surface area contributed by atoms with Gasteiger partial charge in [0.2, 0.25) is 0 Å². The topological polar surface area (TPSA) is 49.8 Å². The molecule has 0 spiro atoms. The molecule has 17 heavy (non-hydrogen) atoms. The maximum Gasteiger partial charge on any atom is 0.307 e. The molecule has 1 heterocycles. The molecule has 1 aromatic rings. The van der Waals surface area contributed by atoms with Crippen molar-refractivity contribution in [3.05, 3.63) is 23.8 Å². The quantitative estimate of drug-likeness (QED) is 0.866. The van der Waals surface area contributed by atoms with E-state index in [1.54, 1.807) is 7.11 Å². The molecule has 0 amide bonds. The third-order valence-electron chi connectivity index (χ3n) is 3.05. The molecule has 4 heteroatoms. The summed E-state index contributed by atoms with van der Waals surface area (Å²) in [5.41, 5.74) is 1.84. The first-order valence-corrected chi connectivity index (χ1v) is 5.84. The third kappa shape index (κ3) is 2.70. The van der Waals surface area contributed by atoms with Gasteiger partial charge >= 0.3 is 5.97 Å². The number of aliphatic carboxylic acids is 1. The van der Waals surface area contributed by atoms with E-state index in [1.165, 1.54) is 12.8 Å². The molecule has 1 aromatic carbocycles. The van der Waals surface area contributed by atoms with E-state index in [4.69, 9.17) is 9.84 Å². The first kappa shape index (κ1) is 11.8. The number of rotatable bonds is 4. The maximum atomic E-state index is 10.7. The summed E-state index contributed by atoms with van der Waals surface area (Å²) in [5, 5.41) is 8.80. The summed E-state index contributed by atoms with van der Waals surface area (Å²) in [4.78, 5) is 13.0. The van der Waals surface area contributed by atoms with Gasteiger partial charge in [0.1, 0.15) is 5.75 Å². The molecule has 92 valence electrons. The van der Waals surface area contributed by atoms with Gasteiger partial charge in [-0.2, -0.15) is 0 Å². The van der Waals surface area contributed by atoms with Gasteiger partial charge in [-0.1, -0.05) is 6.07 Å². The highest BCUT2D eigenvalue weighted by Crippen LogP contribution is 2.31. The number of nitrogens with zero attached hydrogens (tertiary/aromatic N) is 1. The Balaban J connectivity index is 2.28. The number of benzene rings is 1. The Kier molecular flexibility index (Phi) is 3.52. The monoisotopic (exact) mass is 235 g/mol. The van der Waals surface area contributed by atoms with Crippen LogP contribution in [0.15, 0.2) is 18.2 Å². The molecule has 1 fully saturated rings. The van der Waals surface area contributed by atoms with Crippen molar-refractivity contribution in [2.24, 2.45) is 0 Å². The summed E-state index contributed by atoms with van der Waals surface area (Å²) in [6.45, 7) is 2.04. The average Bonchev–Trinajstić information content (AvgIpc) is 2.81. The lowest BCUT2D eigenvalue weighted by atomic mass is 10.1. The minimum Gasteiger partial charge on any atom is -0.495 e. The number of carboxylic acids is 1. The van der Waals surface area contributed by atoms with Crippen LogP contribution in [0.3, 0.4) is 0 Å². The summed E-state index contributed by atoms with van der Waals surface area (Å²) in [5.74, 6) is 0.0172. The van der Waals surface area contributed by atoms with Crippen LogP contribution >= 0.6 is 0 Å². The molecular weight excluding hydrogens is 218 g/mol. The van der Waals surface area contributed by atoms with Crippen molar-refractivity contribution in [2.75, 3.05) is 25.1 Å². The predicted molar refractivity (Wildman–Crippen MR) is 65.8 cm³/mol. The number of methoxy groups -OCH3 is 1. The van der Waals surface area contributed by atoms with Crippen molar-refractivity contribution in [1.29, 1.82) is 0 Å². The molecular formula is C13H17NO3. The molecule has 1 saturated heterocycles. The van der Waals surface area contributed by atoms with E-state index in [2.05, 4.69) is 4.90 Å². The van der Waals surface area contributed by atoms with Crippen molar-refractivity contribution < 1.29 is 14.6 Å². The highest BCUT2D eigenvalue weighted by atomic mass is 16.5. The lowest BCUT2D eigenvalue weighted by Gasteiger charge is -2.21. The Morgan fingerprint density at radius 3 is 2.71 bits per heavy atom. The number of ether oxygens (including phenoxy) is 1. The van der Waals surface area contributed by atoms with Crippen molar-refractivity contribution in [2.45, 2.75) is 19.3 Å². The summed E-state index contributed by atoms with van der Waals surface area (Å²) < 4.78 is 5.33. The molecule has 0 aliphatic carbocycles. The molecule has 0 radical (unpaired) electrons. The van der Waals surface area contributed by atoms with Gasteiger partial charge < -0.3 is 14.7 Å². The van der Waals surface area contributed by atoms with Crippen molar-refractivity contribution >= 4 is 11.7 Å². The van der Waals surface area contributed by atoms with Gasteiger partial charge in [-0.05, 0) is 30.5 Å². The molecule has 0 atom stereocenters. The fraction of sp³-hybridized carbons (Fsp3) is 0.462. The van der Waals surface area contributed by atoms with Crippen LogP contribution in [-0.4, -0.2) is 31.3 Å². The SMILES string of the molecule is COc1ccc(CC(=O)O)cc1N1CCCC1. The lowest BCUT2D eigenvalue weighted by molar-refractivity contribution is -0.136. The average molecular weight is 235 g/mol. The van der Waals surface area contributed by atoms with Crippen LogP contribution < -0.4 is 9.64 Å². The zero-order valence-electron chi connectivity index (χ0n) is 9.98. The van der Waals surface area contributed by atoms with Gasteiger partial charge in [0.15, 0.2) is 0 Å². The van der Waals surface area contributed by atoms with E-state index < -0.39 is 5.97 Å². The Bertz CT molecular complexity index is 411. The predicted octanol–water partition coefficient (Wildman–Crippen LogP) is 1.92. The highest BCUT2D eigenvalue weighted by Gasteiger charge is 2.17. The first-order valence-electron chi connectivity index (χ1n) is 5.84. The second-order valence-corrected chi connectivity index (χ2v) is 4.27. The minimum absolute atomic E-state index is 0.0604. The van der Waals surface area contributed by atoms with Crippen LogP contribution in [-0.2, 0) is 11.2 Å². The Morgan fingerprint density at radius 1 is 1.41 bits per heavy atom. The largest absolute Gasteiger partial charge is 0.495 e. The maximum absolute atomic E-state index is 10.7. The summed E-state index contributed by atoms with van der Waals surface area (Å²) in [6, 6.07) is 5.59. The number of carboxylic acid groups (broad SMARTS) is 1. The Morgan fingerprint density at radius 2 is 2.12 bits per heavy atom. The first-order chi connectivity index (χ1) is 8.20. The number of carbonyl (C=O) groups is 1.